The summed E-state index contributed by atoms with van der Waals surface area (Å²) in [6.07, 6.45) is 5.52. The number of anilines is 1. The number of piperazine rings is 1. The Morgan fingerprint density at radius 3 is 2.67 bits per heavy atom. The highest BCUT2D eigenvalue weighted by Crippen LogP contribution is 2.25. The lowest BCUT2D eigenvalue weighted by Gasteiger charge is -2.26. The maximum atomic E-state index is 12.7. The number of para-hydroxylation sites is 1. The number of amides is 1. The number of hydrogen-bond donors (Lipinski definition) is 1. The quantitative estimate of drug-likeness (QED) is 0.481. The van der Waals surface area contributed by atoms with Gasteiger partial charge in [0, 0.05) is 54.8 Å². The van der Waals surface area contributed by atoms with E-state index in [0.29, 0.717) is 36.1 Å². The van der Waals surface area contributed by atoms with E-state index in [4.69, 9.17) is 0 Å². The molecule has 9 nitrogen and oxygen atoms in total. The van der Waals surface area contributed by atoms with Gasteiger partial charge in [-0.05, 0) is 18.2 Å². The van der Waals surface area contributed by atoms with E-state index in [2.05, 4.69) is 30.2 Å². The van der Waals surface area contributed by atoms with Gasteiger partial charge in [0.05, 0.1) is 6.54 Å². The van der Waals surface area contributed by atoms with Crippen LogP contribution in [0.3, 0.4) is 0 Å². The molecule has 1 aliphatic rings. The number of fused-ring (bicyclic) bond motifs is 1. The van der Waals surface area contributed by atoms with Crippen molar-refractivity contribution in [1.29, 1.82) is 0 Å². The van der Waals surface area contributed by atoms with Crippen LogP contribution in [-0.4, -0.2) is 56.7 Å². The summed E-state index contributed by atoms with van der Waals surface area (Å²) in [7, 11) is 0. The first-order valence-corrected chi connectivity index (χ1v) is 10.3. The SMILES string of the molecule is O=C1CN(c2ncc(-c3ccc4nnc(Cc5ccccc5OC(F)F)n4c3)cn2)CCN1. The number of hydrogen-bond acceptors (Lipinski definition) is 7. The lowest BCUT2D eigenvalue weighted by Crippen LogP contribution is -2.48. The maximum absolute atomic E-state index is 12.7. The van der Waals surface area contributed by atoms with Crippen LogP contribution in [0, 0.1) is 0 Å². The van der Waals surface area contributed by atoms with Crippen LogP contribution in [0.1, 0.15) is 11.4 Å². The van der Waals surface area contributed by atoms with Crippen molar-refractivity contribution in [1.82, 2.24) is 29.9 Å². The standard InChI is InChI=1S/C22H19F2N7O2/c23-21(24)33-17-4-2-1-3-14(17)9-19-29-28-18-6-5-15(12-31(18)19)16-10-26-22(27-11-16)30-8-7-25-20(32)13-30/h1-6,10-12,21H,7-9,13H2,(H,25,32). The number of nitrogens with one attached hydrogen (secondary N) is 1. The van der Waals surface area contributed by atoms with Crippen LogP contribution in [0.5, 0.6) is 5.75 Å². The number of alkyl halides is 2. The van der Waals surface area contributed by atoms with Gasteiger partial charge in [0.15, 0.2) is 5.65 Å². The number of ether oxygens (including phenoxy) is 1. The summed E-state index contributed by atoms with van der Waals surface area (Å²) < 4.78 is 31.9. The van der Waals surface area contributed by atoms with E-state index in [1.54, 1.807) is 35.0 Å². The molecule has 4 heterocycles. The predicted octanol–water partition coefficient (Wildman–Crippen LogP) is 2.31. The van der Waals surface area contributed by atoms with Crippen molar-refractivity contribution >= 4 is 17.5 Å². The average molecular weight is 451 g/mol. The maximum Gasteiger partial charge on any atom is 0.387 e. The molecule has 0 spiro atoms. The Kier molecular flexibility index (Phi) is 5.51. The van der Waals surface area contributed by atoms with Crippen molar-refractivity contribution in [2.45, 2.75) is 13.0 Å². The van der Waals surface area contributed by atoms with E-state index in [0.717, 1.165) is 11.1 Å². The normalized spacial score (nSPS) is 14.0. The first kappa shape index (κ1) is 20.7. The number of pyridine rings is 1. The van der Waals surface area contributed by atoms with Crippen LogP contribution < -0.4 is 15.0 Å². The minimum Gasteiger partial charge on any atom is -0.435 e. The van der Waals surface area contributed by atoms with E-state index >= 15 is 0 Å². The van der Waals surface area contributed by atoms with Crippen LogP contribution in [0.25, 0.3) is 16.8 Å². The Hall–Kier alpha value is -4.15. The molecule has 0 saturated carbocycles. The van der Waals surface area contributed by atoms with Crippen LogP contribution in [-0.2, 0) is 11.2 Å². The van der Waals surface area contributed by atoms with Gasteiger partial charge in [0.2, 0.25) is 11.9 Å². The molecule has 1 aromatic carbocycles. The lowest BCUT2D eigenvalue weighted by molar-refractivity contribution is -0.120. The van der Waals surface area contributed by atoms with Gasteiger partial charge in [-0.25, -0.2) is 9.97 Å². The molecule has 3 aromatic heterocycles. The van der Waals surface area contributed by atoms with Gasteiger partial charge in [-0.3, -0.25) is 9.20 Å². The van der Waals surface area contributed by atoms with Crippen LogP contribution in [0.2, 0.25) is 0 Å². The minimum absolute atomic E-state index is 0.0555. The van der Waals surface area contributed by atoms with Crippen molar-refractivity contribution in [2.24, 2.45) is 0 Å². The molecule has 0 aliphatic carbocycles. The van der Waals surface area contributed by atoms with Gasteiger partial charge < -0.3 is 15.0 Å². The Bertz CT molecular complexity index is 1290. The third-order valence-corrected chi connectivity index (χ3v) is 5.30. The molecule has 1 N–H and O–H groups in total. The van der Waals surface area contributed by atoms with Crippen molar-refractivity contribution in [3.63, 3.8) is 0 Å². The molecule has 0 bridgehead atoms. The third kappa shape index (κ3) is 4.43. The van der Waals surface area contributed by atoms with Gasteiger partial charge in [0.25, 0.3) is 0 Å². The fraction of sp³-hybridized carbons (Fsp3) is 0.227. The Morgan fingerprint density at radius 2 is 1.88 bits per heavy atom. The largest absolute Gasteiger partial charge is 0.435 e. The Morgan fingerprint density at radius 1 is 1.06 bits per heavy atom. The highest BCUT2D eigenvalue weighted by atomic mass is 19.3. The number of halogens is 2. The lowest BCUT2D eigenvalue weighted by atomic mass is 10.1. The summed E-state index contributed by atoms with van der Waals surface area (Å²) in [5.41, 5.74) is 2.82. The van der Waals surface area contributed by atoms with Gasteiger partial charge in [-0.2, -0.15) is 8.78 Å². The molecular weight excluding hydrogens is 432 g/mol. The molecule has 0 atom stereocenters. The van der Waals surface area contributed by atoms with Gasteiger partial charge >= 0.3 is 6.61 Å². The summed E-state index contributed by atoms with van der Waals surface area (Å²) in [4.78, 5) is 22.3. The molecule has 1 saturated heterocycles. The Labute approximate surface area is 187 Å². The number of carbonyl (C=O) groups excluding carboxylic acids is 1. The molecule has 1 fully saturated rings. The van der Waals surface area contributed by atoms with E-state index in [1.807, 2.05) is 23.2 Å². The van der Waals surface area contributed by atoms with E-state index in [9.17, 15) is 13.6 Å². The minimum atomic E-state index is -2.91. The van der Waals surface area contributed by atoms with Crippen LogP contribution in [0.4, 0.5) is 14.7 Å². The molecule has 1 amide bonds. The van der Waals surface area contributed by atoms with Gasteiger partial charge in [0.1, 0.15) is 11.6 Å². The van der Waals surface area contributed by atoms with Crippen molar-refractivity contribution < 1.29 is 18.3 Å². The topological polar surface area (TPSA) is 97.5 Å². The molecule has 1 aliphatic heterocycles. The van der Waals surface area contributed by atoms with Crippen LogP contribution in [0.15, 0.2) is 55.0 Å². The molecule has 11 heteroatoms. The summed E-state index contributed by atoms with van der Waals surface area (Å²) in [5, 5.41) is 11.2. The summed E-state index contributed by atoms with van der Waals surface area (Å²) in [6.45, 7) is -1.47. The van der Waals surface area contributed by atoms with Crippen LogP contribution >= 0.6 is 0 Å². The van der Waals surface area contributed by atoms with Gasteiger partial charge in [-0.15, -0.1) is 10.2 Å². The molecule has 4 aromatic rings. The van der Waals surface area contributed by atoms with Crippen molar-refractivity contribution in [3.05, 3.63) is 66.4 Å². The van der Waals surface area contributed by atoms with E-state index in [1.165, 1.54) is 6.07 Å². The molecule has 0 unspecified atom stereocenters. The predicted molar refractivity (Wildman–Crippen MR) is 115 cm³/mol. The van der Waals surface area contributed by atoms with E-state index in [-0.39, 0.29) is 24.6 Å². The fourth-order valence-corrected chi connectivity index (χ4v) is 3.70. The second-order valence-corrected chi connectivity index (χ2v) is 7.47. The zero-order valence-electron chi connectivity index (χ0n) is 17.4. The number of benzene rings is 1. The molecular formula is C22H19F2N7O2. The zero-order chi connectivity index (χ0) is 22.8. The number of nitrogens with zero attached hydrogens (tertiary/aromatic N) is 6. The molecule has 5 rings (SSSR count). The second kappa shape index (κ2) is 8.77. The highest BCUT2D eigenvalue weighted by Gasteiger charge is 2.19. The summed E-state index contributed by atoms with van der Waals surface area (Å²) in [6, 6.07) is 10.3. The average Bonchev–Trinajstić information content (AvgIpc) is 3.22. The fourth-order valence-electron chi connectivity index (χ4n) is 3.70. The monoisotopic (exact) mass is 451 g/mol. The second-order valence-electron chi connectivity index (χ2n) is 7.47. The van der Waals surface area contributed by atoms with E-state index < -0.39 is 6.61 Å². The van der Waals surface area contributed by atoms with Gasteiger partial charge in [-0.1, -0.05) is 18.2 Å². The number of aromatic nitrogens is 5. The molecule has 33 heavy (non-hydrogen) atoms. The third-order valence-electron chi connectivity index (χ3n) is 5.30. The molecule has 0 radical (unpaired) electrons. The smallest absolute Gasteiger partial charge is 0.387 e. The number of rotatable bonds is 6. The number of carbonyl (C=O) groups is 1. The molecule has 168 valence electrons. The summed E-state index contributed by atoms with van der Waals surface area (Å²) in [5.74, 6) is 1.13. The van der Waals surface area contributed by atoms with Crippen molar-refractivity contribution in [3.8, 4) is 16.9 Å². The van der Waals surface area contributed by atoms with Crippen molar-refractivity contribution in [2.75, 3.05) is 24.5 Å². The zero-order valence-corrected chi connectivity index (χ0v) is 17.4. The first-order valence-electron chi connectivity index (χ1n) is 10.3. The Balaban J connectivity index is 1.41. The summed E-state index contributed by atoms with van der Waals surface area (Å²) >= 11 is 0. The first-order chi connectivity index (χ1) is 16.1. The highest BCUT2D eigenvalue weighted by molar-refractivity contribution is 5.82.